The van der Waals surface area contributed by atoms with E-state index in [2.05, 4.69) is 0 Å². The lowest BCUT2D eigenvalue weighted by molar-refractivity contribution is 0.156. The van der Waals surface area contributed by atoms with Crippen LogP contribution in [0, 0.1) is 0 Å². The summed E-state index contributed by atoms with van der Waals surface area (Å²) in [5.74, 6) is 0. The van der Waals surface area contributed by atoms with Crippen LogP contribution in [0.15, 0.2) is 63.1 Å². The van der Waals surface area contributed by atoms with Crippen LogP contribution in [-0.4, -0.2) is 75.9 Å². The van der Waals surface area contributed by atoms with E-state index in [1.807, 2.05) is 0 Å². The second-order valence-corrected chi connectivity index (χ2v) is 8.16. The quantitative estimate of drug-likeness (QED) is 0.570. The number of hydrogen-bond donors (Lipinski definition) is 0. The molecule has 0 bridgehead atoms. The zero-order chi connectivity index (χ0) is 45.7. The first-order valence-corrected chi connectivity index (χ1v) is 10.0. The molecule has 2 aliphatic heterocycles. The Morgan fingerprint density at radius 2 is 1.93 bits per heavy atom. The zero-order valence-corrected chi connectivity index (χ0v) is 16.2. The molecule has 7 heteroatoms. The van der Waals surface area contributed by atoms with Gasteiger partial charge in [-0.2, -0.15) is 0 Å². The fourth-order valence-electron chi connectivity index (χ4n) is 2.28. The first-order chi connectivity index (χ1) is 25.4. The fraction of sp³-hybridized carbons (Fsp3) is 0.391. The van der Waals surface area contributed by atoms with Gasteiger partial charge in [-0.3, -0.25) is 0 Å². The van der Waals surface area contributed by atoms with Gasteiger partial charge in [0.1, 0.15) is 0 Å². The van der Waals surface area contributed by atoms with Crippen LogP contribution >= 0.6 is 11.8 Å². The number of sulfonamides is 1. The second-order valence-electron chi connectivity index (χ2n) is 5.42. The third-order valence-corrected chi connectivity index (χ3v) is 5.81. The van der Waals surface area contributed by atoms with Crippen LogP contribution in [0.4, 0.5) is 0 Å². The van der Waals surface area contributed by atoms with Gasteiger partial charge in [0, 0.05) is 85.0 Å². The summed E-state index contributed by atoms with van der Waals surface area (Å²) in [6.07, 6.45) is -4.16. The molecule has 0 aromatic heterocycles. The van der Waals surface area contributed by atoms with Crippen LogP contribution in [-0.2, 0) is 10.0 Å². The average Bonchev–Trinajstić information content (AvgIpc) is 2.96. The van der Waals surface area contributed by atoms with E-state index in [0.717, 1.165) is 0 Å². The molecule has 0 N–H and O–H groups in total. The maximum atomic E-state index is 13.9. The molecular formula is C23H29N3O2S2. The summed E-state index contributed by atoms with van der Waals surface area (Å²) in [6.45, 7) is -33.6. The summed E-state index contributed by atoms with van der Waals surface area (Å²) in [4.78, 5) is -4.94. The molecule has 0 atom stereocenters. The molecule has 0 unspecified atom stereocenters. The highest BCUT2D eigenvalue weighted by molar-refractivity contribution is 7.99. The Hall–Kier alpha value is -1.64. The minimum atomic E-state index is -6.11. The molecule has 30 heavy (non-hydrogen) atoms. The average molecular weight is 472 g/mol. The van der Waals surface area contributed by atoms with E-state index in [9.17, 15) is 8.42 Å². The van der Waals surface area contributed by atoms with Crippen molar-refractivity contribution in [3.8, 4) is 0 Å². The van der Waals surface area contributed by atoms with Crippen molar-refractivity contribution in [2.45, 2.75) is 21.1 Å². The predicted molar refractivity (Wildman–Crippen MR) is 124 cm³/mol. The van der Waals surface area contributed by atoms with E-state index in [1.165, 1.54) is 0 Å². The Bertz CT molecular complexity index is 2170. The largest absolute Gasteiger partial charge is 0.304 e. The van der Waals surface area contributed by atoms with Crippen LogP contribution in [0.25, 0.3) is 5.57 Å². The second kappa shape index (κ2) is 8.85. The molecule has 2 aliphatic rings. The molecular weight excluding hydrogens is 414 g/mol. The molecule has 1 fully saturated rings. The van der Waals surface area contributed by atoms with E-state index < -0.39 is 158 Å². The lowest BCUT2D eigenvalue weighted by atomic mass is 9.96. The molecule has 5 nitrogen and oxygen atoms in total. The van der Waals surface area contributed by atoms with Gasteiger partial charge in [0.2, 0.25) is 10.0 Å². The molecule has 2 aromatic rings. The maximum Gasteiger partial charge on any atom is 0.242 e. The van der Waals surface area contributed by atoms with Crippen LogP contribution in [0.5, 0.6) is 0 Å². The number of benzene rings is 2. The van der Waals surface area contributed by atoms with Crippen molar-refractivity contribution in [1.29, 1.82) is 0 Å². The Kier molecular flexibility index (Phi) is 1.78. The third-order valence-electron chi connectivity index (χ3n) is 3.59. The van der Waals surface area contributed by atoms with E-state index in [1.54, 1.807) is 0 Å². The van der Waals surface area contributed by atoms with Gasteiger partial charge in [-0.25, -0.2) is 12.7 Å². The third kappa shape index (κ3) is 4.36. The number of likely N-dealkylation sites (N-methyl/N-ethyl adjacent to an activating group) is 1. The SMILES string of the molecule is [2H]c1c([2H])c([2H])c2c(c1[2H])Sc1c([2H])c([2H])c(S(=O)(=O)N(C([2H])([2H])[2H])C([2H])([2H])[2H])c([2H])c1/C2=C\C([2H])([2H])C([2H])([2H])N1C([2H])([2H])C([2H])([2H])N(C([2H])([2H])[2H])C([2H])([2H])C1([2H])[2H]. The van der Waals surface area contributed by atoms with Crippen molar-refractivity contribution < 1.29 is 46.8 Å². The number of nitrogens with zero attached hydrogens (tertiary/aromatic N) is 3. The van der Waals surface area contributed by atoms with Gasteiger partial charge in [-0.05, 0) is 54.2 Å². The highest BCUT2D eigenvalue weighted by Crippen LogP contribution is 2.46. The van der Waals surface area contributed by atoms with Crippen LogP contribution in [0.2, 0.25) is 0 Å². The van der Waals surface area contributed by atoms with Crippen molar-refractivity contribution in [1.82, 2.24) is 14.1 Å². The summed E-state index contributed by atoms with van der Waals surface area (Å²) in [5.41, 5.74) is -3.16. The minimum absolute atomic E-state index is 0.0128. The molecule has 0 saturated carbocycles. The lowest BCUT2D eigenvalue weighted by Gasteiger charge is -2.32. The highest BCUT2D eigenvalue weighted by Gasteiger charge is 2.25. The minimum Gasteiger partial charge on any atom is -0.304 e. The number of fused-ring (bicyclic) bond motifs is 2. The Labute approximate surface area is 223 Å². The smallest absolute Gasteiger partial charge is 0.242 e. The Morgan fingerprint density at radius 3 is 2.70 bits per heavy atom. The first kappa shape index (κ1) is 6.02. The highest BCUT2D eigenvalue weighted by atomic mass is 32.2. The van der Waals surface area contributed by atoms with E-state index in [-0.39, 0.29) is 17.8 Å². The van der Waals surface area contributed by atoms with Crippen molar-refractivity contribution in [2.24, 2.45) is 0 Å². The van der Waals surface area contributed by atoms with E-state index in [0.29, 0.717) is 0 Å². The summed E-state index contributed by atoms with van der Waals surface area (Å²) in [6, 6.07) is -8.46. The first-order valence-electron chi connectivity index (χ1n) is 21.7. The van der Waals surface area contributed by atoms with Crippen molar-refractivity contribution >= 4 is 27.4 Å². The van der Waals surface area contributed by atoms with Crippen LogP contribution in [0.1, 0.15) is 55.9 Å². The van der Waals surface area contributed by atoms with Crippen LogP contribution < -0.4 is 0 Å². The van der Waals surface area contributed by atoms with Crippen molar-refractivity contribution in [3.05, 3.63) is 59.5 Å². The van der Waals surface area contributed by atoms with Crippen LogP contribution in [0.3, 0.4) is 0 Å². The van der Waals surface area contributed by atoms with Gasteiger partial charge in [-0.1, -0.05) is 36.0 Å². The topological polar surface area (TPSA) is 43.9 Å². The summed E-state index contributed by atoms with van der Waals surface area (Å²) < 4.78 is 258. The lowest BCUT2D eigenvalue weighted by Crippen LogP contribution is -2.44. The van der Waals surface area contributed by atoms with Gasteiger partial charge >= 0.3 is 0 Å². The molecule has 0 spiro atoms. The molecule has 0 aliphatic carbocycles. The molecule has 160 valence electrons. The van der Waals surface area contributed by atoms with E-state index >= 15 is 0 Å². The van der Waals surface area contributed by atoms with E-state index in [4.69, 9.17) is 38.4 Å². The Balaban J connectivity index is 2.23. The Morgan fingerprint density at radius 1 is 1.17 bits per heavy atom. The molecule has 1 saturated heterocycles. The van der Waals surface area contributed by atoms with Crippen molar-refractivity contribution in [3.63, 3.8) is 0 Å². The van der Waals surface area contributed by atoms with Gasteiger partial charge < -0.3 is 9.80 Å². The normalized spacial score (nSPS) is 41.7. The van der Waals surface area contributed by atoms with Gasteiger partial charge in [0.15, 0.2) is 0 Å². The molecule has 2 aromatic carbocycles. The number of rotatable bonds is 5. The standard InChI is InChI=1S/C23H29N3O2S2/c1-24(2)30(27,28)18-10-11-23-21(17-18)19(20-7-4-5-9-22(20)29-23)8-6-12-26-15-13-25(3)14-16-26/h4-5,7-11,17H,6,12-16H2,1-3H3/b19-8-/i1D3,2D3,3D3,4D,5D,6D2,7D,9D,10D,11D,12D2,13D2,14D2,15D2,16D2,17D. The number of piperazine rings is 1. The molecule has 2 heterocycles. The zero-order valence-electron chi connectivity index (χ0n) is 42.6. The summed E-state index contributed by atoms with van der Waals surface area (Å²) in [7, 11) is -6.11. The molecule has 4 rings (SSSR count). The molecule has 0 amide bonds. The van der Waals surface area contributed by atoms with Gasteiger partial charge in [0.05, 0.1) is 14.5 Å². The summed E-state index contributed by atoms with van der Waals surface area (Å²) >= 11 is 0.192. The van der Waals surface area contributed by atoms with Gasteiger partial charge in [0.25, 0.3) is 0 Å². The maximum absolute atomic E-state index is 13.9. The predicted octanol–water partition coefficient (Wildman–Crippen LogP) is 3.47. The summed E-state index contributed by atoms with van der Waals surface area (Å²) in [5, 5.41) is 0. The van der Waals surface area contributed by atoms with Crippen molar-refractivity contribution in [2.75, 3.05) is 53.4 Å². The van der Waals surface area contributed by atoms with Gasteiger partial charge in [-0.15, -0.1) is 0 Å². The fourth-order valence-corrected chi connectivity index (χ4v) is 3.81. The number of hydrogen-bond acceptors (Lipinski definition) is 5. The monoisotopic (exact) mass is 471 g/mol. The molecule has 0 radical (unpaired) electrons.